The molecule has 5 rings (SSSR count). The number of rotatable bonds is 4. The van der Waals surface area contributed by atoms with Crippen molar-refractivity contribution >= 4 is 34.7 Å². The van der Waals surface area contributed by atoms with Crippen LogP contribution in [0.5, 0.6) is 11.5 Å². The molecule has 1 atom stereocenters. The van der Waals surface area contributed by atoms with Gasteiger partial charge in [0, 0.05) is 4.88 Å². The molecule has 0 unspecified atom stereocenters. The Kier molecular flexibility index (Phi) is 4.99. The number of fused-ring (bicyclic) bond motifs is 2. The van der Waals surface area contributed by atoms with Crippen molar-refractivity contribution < 1.29 is 19.0 Å². The van der Waals surface area contributed by atoms with E-state index in [4.69, 9.17) is 14.2 Å². The molecule has 0 saturated carbocycles. The van der Waals surface area contributed by atoms with Gasteiger partial charge in [-0.2, -0.15) is 0 Å². The van der Waals surface area contributed by atoms with E-state index < -0.39 is 12.0 Å². The number of benzene rings is 1. The van der Waals surface area contributed by atoms with Gasteiger partial charge in [-0.05, 0) is 49.1 Å². The van der Waals surface area contributed by atoms with Gasteiger partial charge in [-0.1, -0.05) is 23.5 Å². The topological polar surface area (TPSA) is 79.1 Å². The van der Waals surface area contributed by atoms with Crippen LogP contribution in [0, 0.1) is 0 Å². The number of thiazole rings is 1. The van der Waals surface area contributed by atoms with Crippen molar-refractivity contribution in [2.45, 2.75) is 19.9 Å². The van der Waals surface area contributed by atoms with E-state index in [2.05, 4.69) is 4.99 Å². The number of hydrogen-bond acceptors (Lipinski definition) is 8. The lowest BCUT2D eigenvalue weighted by Crippen LogP contribution is -2.39. The molecular weight excluding hydrogens is 436 g/mol. The summed E-state index contributed by atoms with van der Waals surface area (Å²) in [6, 6.07) is 8.65. The Morgan fingerprint density at radius 1 is 1.32 bits per heavy atom. The first-order valence-electron chi connectivity index (χ1n) is 9.69. The molecule has 0 aliphatic carbocycles. The van der Waals surface area contributed by atoms with Gasteiger partial charge in [0.2, 0.25) is 6.79 Å². The standard InChI is InChI=1S/C22H18N2O5S2/c1-3-27-21(26)18-12(2)23-22-24(20(25)17(31-22)10-14-5-4-8-30-14)19(18)13-6-7-15-16(9-13)29-11-28-15/h4-10,19H,3,11H2,1-2H3/b17-10-/t19-/m1/s1. The largest absolute Gasteiger partial charge is 0.463 e. The maximum atomic E-state index is 13.4. The van der Waals surface area contributed by atoms with Gasteiger partial charge < -0.3 is 14.2 Å². The van der Waals surface area contributed by atoms with Crippen molar-refractivity contribution in [3.05, 3.63) is 77.1 Å². The fourth-order valence-electron chi connectivity index (χ4n) is 3.69. The Morgan fingerprint density at radius 2 is 2.16 bits per heavy atom. The average molecular weight is 455 g/mol. The highest BCUT2D eigenvalue weighted by Gasteiger charge is 2.34. The molecule has 0 spiro atoms. The number of carbonyl (C=O) groups is 1. The summed E-state index contributed by atoms with van der Waals surface area (Å²) in [4.78, 5) is 32.4. The summed E-state index contributed by atoms with van der Waals surface area (Å²) >= 11 is 2.86. The van der Waals surface area contributed by atoms with Crippen LogP contribution in [0.25, 0.3) is 6.08 Å². The van der Waals surface area contributed by atoms with Gasteiger partial charge >= 0.3 is 5.97 Å². The lowest BCUT2D eigenvalue weighted by Gasteiger charge is -2.24. The molecule has 0 radical (unpaired) electrons. The first kappa shape index (κ1) is 19.8. The van der Waals surface area contributed by atoms with E-state index in [1.54, 1.807) is 41.9 Å². The van der Waals surface area contributed by atoms with Crippen LogP contribution in [0.1, 0.15) is 30.3 Å². The zero-order valence-electron chi connectivity index (χ0n) is 16.8. The summed E-state index contributed by atoms with van der Waals surface area (Å²) in [7, 11) is 0. The van der Waals surface area contributed by atoms with E-state index in [1.165, 1.54) is 11.3 Å². The van der Waals surface area contributed by atoms with E-state index in [0.717, 1.165) is 10.4 Å². The smallest absolute Gasteiger partial charge is 0.338 e. The average Bonchev–Trinajstić information content (AvgIpc) is 3.48. The summed E-state index contributed by atoms with van der Waals surface area (Å²) in [5.74, 6) is 0.724. The van der Waals surface area contributed by atoms with Gasteiger partial charge in [0.25, 0.3) is 5.56 Å². The second-order valence-corrected chi connectivity index (χ2v) is 8.92. The summed E-state index contributed by atoms with van der Waals surface area (Å²) in [5, 5.41) is 1.96. The van der Waals surface area contributed by atoms with Gasteiger partial charge in [0.15, 0.2) is 16.3 Å². The maximum absolute atomic E-state index is 13.4. The van der Waals surface area contributed by atoms with E-state index in [1.807, 2.05) is 29.7 Å². The van der Waals surface area contributed by atoms with Gasteiger partial charge in [0.05, 0.1) is 28.5 Å². The highest BCUT2D eigenvalue weighted by Crippen LogP contribution is 2.38. The first-order valence-corrected chi connectivity index (χ1v) is 11.4. The minimum absolute atomic E-state index is 0.141. The lowest BCUT2D eigenvalue weighted by molar-refractivity contribution is -0.139. The number of allylic oxidation sites excluding steroid dienone is 1. The number of nitrogens with zero attached hydrogens (tertiary/aromatic N) is 2. The molecule has 1 aromatic carbocycles. The zero-order chi connectivity index (χ0) is 21.5. The second kappa shape index (κ2) is 7.82. The lowest BCUT2D eigenvalue weighted by atomic mass is 9.95. The molecule has 2 aliphatic rings. The monoisotopic (exact) mass is 454 g/mol. The van der Waals surface area contributed by atoms with Crippen LogP contribution in [0.15, 0.2) is 56.8 Å². The highest BCUT2D eigenvalue weighted by atomic mass is 32.1. The minimum Gasteiger partial charge on any atom is -0.463 e. The Balaban J connectivity index is 1.74. The molecule has 2 aliphatic heterocycles. The molecule has 0 amide bonds. The van der Waals surface area contributed by atoms with Gasteiger partial charge in [-0.3, -0.25) is 9.36 Å². The summed E-state index contributed by atoms with van der Waals surface area (Å²) in [6.45, 7) is 3.89. The number of thiophene rings is 1. The van der Waals surface area contributed by atoms with Gasteiger partial charge in [-0.25, -0.2) is 9.79 Å². The Labute approximate surface area is 185 Å². The molecule has 0 N–H and O–H groups in total. The third-order valence-corrected chi connectivity index (χ3v) is 6.85. The predicted molar refractivity (Wildman–Crippen MR) is 117 cm³/mol. The van der Waals surface area contributed by atoms with Crippen LogP contribution >= 0.6 is 22.7 Å². The molecule has 31 heavy (non-hydrogen) atoms. The van der Waals surface area contributed by atoms with Gasteiger partial charge in [-0.15, -0.1) is 11.3 Å². The van der Waals surface area contributed by atoms with Crippen molar-refractivity contribution in [2.75, 3.05) is 13.4 Å². The first-order chi connectivity index (χ1) is 15.1. The number of esters is 1. The molecular formula is C22H18N2O5S2. The summed E-state index contributed by atoms with van der Waals surface area (Å²) < 4.78 is 18.4. The van der Waals surface area contributed by atoms with E-state index in [0.29, 0.717) is 32.1 Å². The van der Waals surface area contributed by atoms with Crippen LogP contribution in [0.4, 0.5) is 0 Å². The van der Waals surface area contributed by atoms with Crippen molar-refractivity contribution in [3.63, 3.8) is 0 Å². The van der Waals surface area contributed by atoms with Crippen molar-refractivity contribution in [3.8, 4) is 11.5 Å². The van der Waals surface area contributed by atoms with Crippen molar-refractivity contribution in [2.24, 2.45) is 4.99 Å². The highest BCUT2D eigenvalue weighted by molar-refractivity contribution is 7.11. The predicted octanol–water partition coefficient (Wildman–Crippen LogP) is 2.59. The zero-order valence-corrected chi connectivity index (χ0v) is 18.4. The molecule has 7 nitrogen and oxygen atoms in total. The molecule has 0 bridgehead atoms. The fourth-order valence-corrected chi connectivity index (χ4v) is 5.46. The third kappa shape index (κ3) is 3.39. The quantitative estimate of drug-likeness (QED) is 0.567. The van der Waals surface area contributed by atoms with Crippen LogP contribution < -0.4 is 24.4 Å². The molecule has 158 valence electrons. The molecule has 3 aromatic rings. The van der Waals surface area contributed by atoms with Crippen molar-refractivity contribution in [1.29, 1.82) is 0 Å². The molecule has 0 fully saturated rings. The third-order valence-electron chi connectivity index (χ3n) is 5.05. The fraction of sp³-hybridized carbons (Fsp3) is 0.227. The molecule has 2 aromatic heterocycles. The van der Waals surface area contributed by atoms with E-state index in [-0.39, 0.29) is 19.0 Å². The van der Waals surface area contributed by atoms with Crippen LogP contribution in [0.3, 0.4) is 0 Å². The maximum Gasteiger partial charge on any atom is 0.338 e. The van der Waals surface area contributed by atoms with Crippen LogP contribution in [-0.4, -0.2) is 23.9 Å². The number of ether oxygens (including phenoxy) is 3. The normalized spacial score (nSPS) is 17.5. The second-order valence-electron chi connectivity index (χ2n) is 6.93. The number of aromatic nitrogens is 1. The molecule has 0 saturated heterocycles. The van der Waals surface area contributed by atoms with Crippen LogP contribution in [0.2, 0.25) is 0 Å². The van der Waals surface area contributed by atoms with Crippen molar-refractivity contribution in [1.82, 2.24) is 4.57 Å². The number of carbonyl (C=O) groups excluding carboxylic acids is 1. The minimum atomic E-state index is -0.671. The molecule has 9 heteroatoms. The Bertz CT molecular complexity index is 1380. The number of hydrogen-bond donors (Lipinski definition) is 0. The van der Waals surface area contributed by atoms with Crippen LogP contribution in [-0.2, 0) is 9.53 Å². The summed E-state index contributed by atoms with van der Waals surface area (Å²) in [6.07, 6.45) is 1.86. The Morgan fingerprint density at radius 3 is 2.94 bits per heavy atom. The summed E-state index contributed by atoms with van der Waals surface area (Å²) in [5.41, 5.74) is 1.40. The van der Waals surface area contributed by atoms with Gasteiger partial charge in [0.1, 0.15) is 0 Å². The van der Waals surface area contributed by atoms with E-state index >= 15 is 0 Å². The SMILES string of the molecule is CCOC(=O)C1=C(C)N=c2s/c(=C\c3cccs3)c(=O)n2[C@@H]1c1ccc2c(c1)OCO2. The van der Waals surface area contributed by atoms with E-state index in [9.17, 15) is 9.59 Å². The Hall–Kier alpha value is -3.17. The molecule has 4 heterocycles.